The molecular weight excluding hydrogens is 294 g/mol. The molecule has 0 aromatic rings. The van der Waals surface area contributed by atoms with Crippen LogP contribution in [0.3, 0.4) is 0 Å². The normalized spacial score (nSPS) is 14.6. The van der Waals surface area contributed by atoms with Crippen molar-refractivity contribution in [3.8, 4) is 0 Å². The standard InChI is InChI=1S/C15H37N7O/c1-9-17-15(16-5,19(6)7)14(23)22(21(11-3)12-4)13-20(8)18-10-2/h16-18H,9-13H2,1-8H3. The molecule has 1 amide bonds. The van der Waals surface area contributed by atoms with Crippen LogP contribution in [0.15, 0.2) is 0 Å². The molecule has 8 nitrogen and oxygen atoms in total. The van der Waals surface area contributed by atoms with Crippen molar-refractivity contribution in [1.29, 1.82) is 0 Å². The molecule has 0 radical (unpaired) electrons. The summed E-state index contributed by atoms with van der Waals surface area (Å²) >= 11 is 0. The van der Waals surface area contributed by atoms with Gasteiger partial charge in [-0.25, -0.2) is 10.0 Å². The Bertz CT molecular complexity index is 336. The van der Waals surface area contributed by atoms with Crippen LogP contribution in [0.5, 0.6) is 0 Å². The number of nitrogens with zero attached hydrogens (tertiary/aromatic N) is 4. The van der Waals surface area contributed by atoms with Crippen LogP contribution in [0.4, 0.5) is 0 Å². The molecule has 0 aromatic carbocycles. The minimum atomic E-state index is -0.940. The van der Waals surface area contributed by atoms with Crippen molar-refractivity contribution in [2.75, 3.05) is 61.0 Å². The number of amides is 1. The van der Waals surface area contributed by atoms with E-state index in [2.05, 4.69) is 29.9 Å². The molecular formula is C15H37N7O. The average molecular weight is 332 g/mol. The molecule has 0 saturated heterocycles. The number of carbonyl (C=O) groups is 1. The van der Waals surface area contributed by atoms with E-state index in [4.69, 9.17) is 0 Å². The lowest BCUT2D eigenvalue weighted by Crippen LogP contribution is -2.74. The highest BCUT2D eigenvalue weighted by Gasteiger charge is 2.43. The summed E-state index contributed by atoms with van der Waals surface area (Å²) in [5.74, 6) is -0.968. The molecule has 0 fully saturated rings. The Morgan fingerprint density at radius 1 is 1.00 bits per heavy atom. The topological polar surface area (TPSA) is 66.1 Å². The molecule has 8 heteroatoms. The molecule has 3 N–H and O–H groups in total. The third-order valence-electron chi connectivity index (χ3n) is 3.85. The Hall–Kier alpha value is -0.770. The zero-order chi connectivity index (χ0) is 18.0. The number of likely N-dealkylation sites (N-methyl/N-ethyl adjacent to an activating group) is 3. The van der Waals surface area contributed by atoms with Crippen molar-refractivity contribution in [3.63, 3.8) is 0 Å². The van der Waals surface area contributed by atoms with Gasteiger partial charge in [0, 0.05) is 26.7 Å². The first-order valence-corrected chi connectivity index (χ1v) is 8.47. The van der Waals surface area contributed by atoms with Gasteiger partial charge in [0.2, 0.25) is 5.79 Å². The second-order valence-electron chi connectivity index (χ2n) is 5.58. The fraction of sp³-hybridized carbons (Fsp3) is 0.933. The van der Waals surface area contributed by atoms with E-state index < -0.39 is 5.79 Å². The summed E-state index contributed by atoms with van der Waals surface area (Å²) in [6, 6.07) is 0. The van der Waals surface area contributed by atoms with Gasteiger partial charge < -0.3 is 0 Å². The largest absolute Gasteiger partial charge is 0.289 e. The van der Waals surface area contributed by atoms with E-state index in [0.29, 0.717) is 13.2 Å². The molecule has 0 heterocycles. The van der Waals surface area contributed by atoms with Gasteiger partial charge in [-0.1, -0.05) is 27.7 Å². The summed E-state index contributed by atoms with van der Waals surface area (Å²) in [6.07, 6.45) is 0. The van der Waals surface area contributed by atoms with Crippen LogP contribution < -0.4 is 16.1 Å². The van der Waals surface area contributed by atoms with E-state index in [1.807, 2.05) is 49.9 Å². The van der Waals surface area contributed by atoms with E-state index in [9.17, 15) is 4.79 Å². The zero-order valence-corrected chi connectivity index (χ0v) is 16.2. The summed E-state index contributed by atoms with van der Waals surface area (Å²) in [5.41, 5.74) is 3.22. The van der Waals surface area contributed by atoms with Crippen LogP contribution >= 0.6 is 0 Å². The van der Waals surface area contributed by atoms with E-state index in [1.54, 1.807) is 12.1 Å². The second kappa shape index (κ2) is 10.9. The molecule has 23 heavy (non-hydrogen) atoms. The highest BCUT2D eigenvalue weighted by atomic mass is 16.2. The fourth-order valence-corrected chi connectivity index (χ4v) is 2.65. The van der Waals surface area contributed by atoms with Crippen LogP contribution in [0.2, 0.25) is 0 Å². The van der Waals surface area contributed by atoms with Crippen molar-refractivity contribution in [2.24, 2.45) is 0 Å². The van der Waals surface area contributed by atoms with Gasteiger partial charge in [0.25, 0.3) is 5.91 Å². The maximum atomic E-state index is 13.4. The molecule has 0 bridgehead atoms. The van der Waals surface area contributed by atoms with Crippen LogP contribution in [0, 0.1) is 0 Å². The molecule has 0 aliphatic rings. The Labute approximate surface area is 142 Å². The van der Waals surface area contributed by atoms with E-state index in [1.165, 1.54) is 0 Å². The number of hydrogen-bond acceptors (Lipinski definition) is 7. The minimum absolute atomic E-state index is 0.0275. The lowest BCUT2D eigenvalue weighted by molar-refractivity contribution is -0.172. The van der Waals surface area contributed by atoms with Crippen LogP contribution in [-0.4, -0.2) is 92.7 Å². The summed E-state index contributed by atoms with van der Waals surface area (Å²) in [7, 11) is 7.53. The van der Waals surface area contributed by atoms with E-state index in [-0.39, 0.29) is 5.91 Å². The van der Waals surface area contributed by atoms with Crippen molar-refractivity contribution in [3.05, 3.63) is 0 Å². The molecule has 0 aromatic heterocycles. The summed E-state index contributed by atoms with van der Waals surface area (Å²) in [6.45, 7) is 11.6. The predicted molar refractivity (Wildman–Crippen MR) is 95.2 cm³/mol. The lowest BCUT2D eigenvalue weighted by Gasteiger charge is -2.45. The van der Waals surface area contributed by atoms with Crippen molar-refractivity contribution in [1.82, 2.24) is 36.0 Å². The molecule has 0 aliphatic heterocycles. The fourth-order valence-electron chi connectivity index (χ4n) is 2.65. The maximum Gasteiger partial charge on any atom is 0.289 e. The summed E-state index contributed by atoms with van der Waals surface area (Å²) in [5, 5.41) is 12.2. The molecule has 0 saturated carbocycles. The van der Waals surface area contributed by atoms with Gasteiger partial charge in [-0.15, -0.1) is 0 Å². The Balaban J connectivity index is 5.59. The number of hydrogen-bond donors (Lipinski definition) is 3. The minimum Gasteiger partial charge on any atom is -0.282 e. The van der Waals surface area contributed by atoms with Gasteiger partial charge in [0.05, 0.1) is 0 Å². The predicted octanol–water partition coefficient (Wildman–Crippen LogP) is -0.470. The van der Waals surface area contributed by atoms with Gasteiger partial charge in [0.15, 0.2) is 0 Å². The summed E-state index contributed by atoms with van der Waals surface area (Å²) < 4.78 is 0. The third kappa shape index (κ3) is 5.66. The van der Waals surface area contributed by atoms with Crippen molar-refractivity contribution in [2.45, 2.75) is 33.5 Å². The SMILES string of the molecule is CCNN(C)CN(C(=O)C(NC)(NCC)N(C)C)N(CC)CC. The molecule has 0 aliphatic carbocycles. The van der Waals surface area contributed by atoms with Gasteiger partial charge >= 0.3 is 0 Å². The lowest BCUT2D eigenvalue weighted by atomic mass is 10.2. The first-order valence-electron chi connectivity index (χ1n) is 8.47. The summed E-state index contributed by atoms with van der Waals surface area (Å²) in [4.78, 5) is 15.3. The monoisotopic (exact) mass is 331 g/mol. The van der Waals surface area contributed by atoms with Gasteiger partial charge in [-0.2, -0.15) is 0 Å². The quantitative estimate of drug-likeness (QED) is 0.330. The van der Waals surface area contributed by atoms with Crippen LogP contribution in [0.1, 0.15) is 27.7 Å². The first kappa shape index (κ1) is 22.2. The number of nitrogens with one attached hydrogen (secondary N) is 3. The molecule has 1 atom stereocenters. The zero-order valence-electron chi connectivity index (χ0n) is 16.2. The van der Waals surface area contributed by atoms with Crippen molar-refractivity contribution >= 4 is 5.91 Å². The number of rotatable bonds is 12. The highest BCUT2D eigenvalue weighted by molar-refractivity contribution is 5.85. The van der Waals surface area contributed by atoms with Crippen molar-refractivity contribution < 1.29 is 4.79 Å². The van der Waals surface area contributed by atoms with Gasteiger partial charge in [-0.05, 0) is 27.7 Å². The van der Waals surface area contributed by atoms with E-state index in [0.717, 1.165) is 19.6 Å². The smallest absolute Gasteiger partial charge is 0.282 e. The van der Waals surface area contributed by atoms with Crippen LogP contribution in [-0.2, 0) is 4.79 Å². The Morgan fingerprint density at radius 3 is 1.91 bits per heavy atom. The highest BCUT2D eigenvalue weighted by Crippen LogP contribution is 2.12. The Morgan fingerprint density at radius 2 is 1.57 bits per heavy atom. The number of hydrazine groups is 2. The van der Waals surface area contributed by atoms with E-state index >= 15 is 0 Å². The molecule has 0 rings (SSSR count). The third-order valence-corrected chi connectivity index (χ3v) is 3.85. The second-order valence-corrected chi connectivity index (χ2v) is 5.58. The molecule has 138 valence electrons. The molecule has 0 spiro atoms. The first-order chi connectivity index (χ1) is 10.8. The van der Waals surface area contributed by atoms with Gasteiger partial charge in [-0.3, -0.25) is 30.8 Å². The van der Waals surface area contributed by atoms with Crippen LogP contribution in [0.25, 0.3) is 0 Å². The number of carbonyl (C=O) groups excluding carboxylic acids is 1. The van der Waals surface area contributed by atoms with Gasteiger partial charge in [0.1, 0.15) is 6.67 Å². The Kier molecular flexibility index (Phi) is 10.5. The molecule has 1 unspecified atom stereocenters. The maximum absolute atomic E-state index is 13.4. The average Bonchev–Trinajstić information content (AvgIpc) is 2.52.